The largest absolute Gasteiger partial charge is 0.319 e. The van der Waals surface area contributed by atoms with E-state index in [1.54, 1.807) is 72.8 Å². The highest BCUT2D eigenvalue weighted by Crippen LogP contribution is 2.28. The van der Waals surface area contributed by atoms with Crippen molar-refractivity contribution < 1.29 is 14.4 Å². The fourth-order valence-corrected chi connectivity index (χ4v) is 6.16. The summed E-state index contributed by atoms with van der Waals surface area (Å²) in [6, 6.07) is 18.7. The molecule has 8 nitrogen and oxygen atoms in total. The molecule has 3 amide bonds. The Labute approximate surface area is 248 Å². The van der Waals surface area contributed by atoms with Crippen molar-refractivity contribution in [3.63, 3.8) is 0 Å². The SMILES string of the molecule is O=C(N/C(=C\c1ccccc1Cl)c1nc2c(Br)cc(Br)cc2c(=O)n1N1C(=O)CSCC1=O)c1ccccc1. The Morgan fingerprint density at radius 2 is 1.64 bits per heavy atom. The molecular formula is C27H17Br2ClN4O4S. The Balaban J connectivity index is 1.83. The maximum absolute atomic E-state index is 14.0. The Bertz CT molecular complexity index is 1730. The van der Waals surface area contributed by atoms with Crippen LogP contribution in [0, 0.1) is 0 Å². The van der Waals surface area contributed by atoms with Gasteiger partial charge >= 0.3 is 0 Å². The fraction of sp³-hybridized carbons (Fsp3) is 0.0741. The number of aromatic nitrogens is 2. The summed E-state index contributed by atoms with van der Waals surface area (Å²) in [6.07, 6.45) is 1.55. The third kappa shape index (κ3) is 5.58. The van der Waals surface area contributed by atoms with Gasteiger partial charge < -0.3 is 5.32 Å². The maximum atomic E-state index is 14.0. The lowest BCUT2D eigenvalue weighted by molar-refractivity contribution is -0.126. The molecule has 12 heteroatoms. The van der Waals surface area contributed by atoms with Crippen molar-refractivity contribution in [2.45, 2.75) is 0 Å². The summed E-state index contributed by atoms with van der Waals surface area (Å²) in [7, 11) is 0. The van der Waals surface area contributed by atoms with E-state index in [1.165, 1.54) is 0 Å². The van der Waals surface area contributed by atoms with Crippen LogP contribution in [-0.2, 0) is 9.59 Å². The first kappa shape index (κ1) is 27.3. The molecule has 3 aromatic carbocycles. The number of benzene rings is 3. The summed E-state index contributed by atoms with van der Waals surface area (Å²) in [5.41, 5.74) is 0.544. The van der Waals surface area contributed by atoms with E-state index >= 15 is 0 Å². The number of hydrogen-bond acceptors (Lipinski definition) is 6. The van der Waals surface area contributed by atoms with Gasteiger partial charge in [0, 0.05) is 19.5 Å². The van der Waals surface area contributed by atoms with Gasteiger partial charge in [0.1, 0.15) is 0 Å². The first-order valence-corrected chi connectivity index (χ1v) is 14.5. The number of hydrogen-bond donors (Lipinski definition) is 1. The molecule has 0 spiro atoms. The summed E-state index contributed by atoms with van der Waals surface area (Å²) >= 11 is 14.4. The summed E-state index contributed by atoms with van der Waals surface area (Å²) in [5.74, 6) is -1.78. The van der Waals surface area contributed by atoms with Gasteiger partial charge in [-0.2, -0.15) is 9.69 Å². The molecular weight excluding hydrogens is 672 g/mol. The van der Waals surface area contributed by atoms with Crippen LogP contribution in [0.15, 0.2) is 80.5 Å². The van der Waals surface area contributed by atoms with Crippen LogP contribution in [-0.4, -0.2) is 38.9 Å². The maximum Gasteiger partial charge on any atom is 0.281 e. The molecule has 2 heterocycles. The molecule has 0 saturated carbocycles. The first-order valence-electron chi connectivity index (χ1n) is 11.4. The van der Waals surface area contributed by atoms with Crippen LogP contribution < -0.4 is 15.9 Å². The molecule has 0 atom stereocenters. The highest BCUT2D eigenvalue weighted by Gasteiger charge is 2.33. The van der Waals surface area contributed by atoms with Crippen LogP contribution in [0.5, 0.6) is 0 Å². The Hall–Kier alpha value is -3.25. The molecule has 0 radical (unpaired) electrons. The predicted molar refractivity (Wildman–Crippen MR) is 160 cm³/mol. The monoisotopic (exact) mass is 686 g/mol. The van der Waals surface area contributed by atoms with Crippen LogP contribution in [0.2, 0.25) is 5.02 Å². The molecule has 0 unspecified atom stereocenters. The molecule has 1 aliphatic heterocycles. The number of amides is 3. The first-order chi connectivity index (χ1) is 18.7. The number of nitrogens with zero attached hydrogens (tertiary/aromatic N) is 3. The average Bonchev–Trinajstić information content (AvgIpc) is 2.91. The Kier molecular flexibility index (Phi) is 8.03. The smallest absolute Gasteiger partial charge is 0.281 e. The summed E-state index contributed by atoms with van der Waals surface area (Å²) < 4.78 is 2.02. The molecule has 0 aliphatic carbocycles. The Morgan fingerprint density at radius 1 is 0.974 bits per heavy atom. The van der Waals surface area contributed by atoms with E-state index in [9.17, 15) is 19.2 Å². The van der Waals surface area contributed by atoms with Crippen LogP contribution in [0.25, 0.3) is 22.7 Å². The van der Waals surface area contributed by atoms with Gasteiger partial charge in [-0.05, 0) is 57.9 Å². The van der Waals surface area contributed by atoms with Crippen molar-refractivity contribution in [3.05, 3.63) is 108 Å². The lowest BCUT2D eigenvalue weighted by Crippen LogP contribution is -2.55. The van der Waals surface area contributed by atoms with E-state index in [2.05, 4.69) is 37.2 Å². The minimum absolute atomic E-state index is 0.00221. The van der Waals surface area contributed by atoms with Gasteiger partial charge in [-0.3, -0.25) is 19.2 Å². The van der Waals surface area contributed by atoms with Crippen LogP contribution in [0.1, 0.15) is 21.7 Å². The molecule has 39 heavy (non-hydrogen) atoms. The number of rotatable bonds is 5. The molecule has 1 fully saturated rings. The number of nitrogens with one attached hydrogen (secondary N) is 1. The quantitative estimate of drug-likeness (QED) is 0.288. The van der Waals surface area contributed by atoms with Crippen molar-refractivity contribution in [3.8, 4) is 0 Å². The third-order valence-electron chi connectivity index (χ3n) is 5.72. The van der Waals surface area contributed by atoms with Crippen molar-refractivity contribution in [1.29, 1.82) is 0 Å². The second kappa shape index (κ2) is 11.5. The van der Waals surface area contributed by atoms with E-state index in [0.29, 0.717) is 25.1 Å². The molecule has 0 bridgehead atoms. The lowest BCUT2D eigenvalue weighted by Gasteiger charge is -2.28. The van der Waals surface area contributed by atoms with Crippen LogP contribution >= 0.6 is 55.2 Å². The van der Waals surface area contributed by atoms with E-state index < -0.39 is 23.3 Å². The zero-order valence-corrected chi connectivity index (χ0v) is 24.6. The second-order valence-corrected chi connectivity index (χ2v) is 11.5. The van der Waals surface area contributed by atoms with Gasteiger partial charge in [-0.1, -0.05) is 63.9 Å². The van der Waals surface area contributed by atoms with Crippen molar-refractivity contribution in [2.24, 2.45) is 0 Å². The van der Waals surface area contributed by atoms with Gasteiger partial charge in [-0.25, -0.2) is 4.98 Å². The molecule has 4 aromatic rings. The van der Waals surface area contributed by atoms with Crippen molar-refractivity contribution in [2.75, 3.05) is 16.5 Å². The number of imide groups is 1. The molecule has 1 aromatic heterocycles. The van der Waals surface area contributed by atoms with Crippen LogP contribution in [0.3, 0.4) is 0 Å². The van der Waals surface area contributed by atoms with Gasteiger partial charge in [-0.15, -0.1) is 11.8 Å². The average molecular weight is 689 g/mol. The van der Waals surface area contributed by atoms with Crippen molar-refractivity contribution >= 4 is 95.6 Å². The topological polar surface area (TPSA) is 101 Å². The lowest BCUT2D eigenvalue weighted by atomic mass is 10.1. The number of halogens is 3. The van der Waals surface area contributed by atoms with E-state index in [4.69, 9.17) is 16.6 Å². The number of thioether (sulfide) groups is 1. The van der Waals surface area contributed by atoms with Gasteiger partial charge in [0.05, 0.1) is 28.1 Å². The zero-order chi connectivity index (χ0) is 27.7. The van der Waals surface area contributed by atoms with Crippen molar-refractivity contribution in [1.82, 2.24) is 15.0 Å². The highest BCUT2D eigenvalue weighted by molar-refractivity contribution is 9.11. The molecule has 1 saturated heterocycles. The minimum Gasteiger partial charge on any atom is -0.319 e. The van der Waals surface area contributed by atoms with E-state index in [-0.39, 0.29) is 33.9 Å². The van der Waals surface area contributed by atoms with Gasteiger partial charge in [0.15, 0.2) is 5.82 Å². The number of fused-ring (bicyclic) bond motifs is 1. The summed E-state index contributed by atoms with van der Waals surface area (Å²) in [6.45, 7) is 0. The highest BCUT2D eigenvalue weighted by atomic mass is 79.9. The Morgan fingerprint density at radius 3 is 2.33 bits per heavy atom. The standard InChI is InChI=1S/C27H17Br2ClN4O4S/c28-17-11-18-24(19(29)12-17)32-25(34(27(18)38)33-22(35)13-39-14-23(33)36)21(10-16-8-4-5-9-20(16)30)31-26(37)15-6-2-1-3-7-15/h1-12H,13-14H2,(H,31,37)/b21-10-. The van der Waals surface area contributed by atoms with Gasteiger partial charge in [0.25, 0.3) is 23.3 Å². The summed E-state index contributed by atoms with van der Waals surface area (Å²) in [5, 5.41) is 4.15. The molecule has 5 rings (SSSR count). The zero-order valence-electron chi connectivity index (χ0n) is 19.9. The normalized spacial score (nSPS) is 14.1. The number of carbonyl (C=O) groups excluding carboxylic acids is 3. The van der Waals surface area contributed by atoms with E-state index in [0.717, 1.165) is 21.4 Å². The third-order valence-corrected chi connectivity index (χ3v) is 8.03. The molecule has 196 valence electrons. The van der Waals surface area contributed by atoms with E-state index in [1.807, 2.05) is 0 Å². The van der Waals surface area contributed by atoms with Crippen LogP contribution in [0.4, 0.5) is 0 Å². The number of carbonyl (C=O) groups is 3. The minimum atomic E-state index is -0.662. The van der Waals surface area contributed by atoms with Gasteiger partial charge in [0.2, 0.25) is 0 Å². The second-order valence-electron chi connectivity index (χ2n) is 8.33. The summed E-state index contributed by atoms with van der Waals surface area (Å²) in [4.78, 5) is 58.0. The fourth-order valence-electron chi connectivity index (χ4n) is 3.96. The molecule has 1 N–H and O–H groups in total. The molecule has 1 aliphatic rings. The predicted octanol–water partition coefficient (Wildman–Crippen LogP) is 5.24.